The van der Waals surface area contributed by atoms with E-state index in [4.69, 9.17) is 0 Å². The van der Waals surface area contributed by atoms with Gasteiger partial charge in [-0.25, -0.2) is 8.42 Å². The minimum absolute atomic E-state index is 0.0492. The molecule has 0 aromatic heterocycles. The summed E-state index contributed by atoms with van der Waals surface area (Å²) in [5.74, 6) is 0.352. The van der Waals surface area contributed by atoms with Crippen molar-refractivity contribution >= 4 is 25.8 Å². The topological polar surface area (TPSA) is 34.1 Å². The van der Waals surface area contributed by atoms with Crippen LogP contribution >= 0.6 is 15.9 Å². The summed E-state index contributed by atoms with van der Waals surface area (Å²) in [6, 6.07) is 0. The van der Waals surface area contributed by atoms with Gasteiger partial charge in [0, 0.05) is 11.6 Å². The molecule has 1 rings (SSSR count). The van der Waals surface area contributed by atoms with Crippen LogP contribution in [0.5, 0.6) is 0 Å². The van der Waals surface area contributed by atoms with Crippen molar-refractivity contribution in [1.82, 2.24) is 0 Å². The predicted octanol–water partition coefficient (Wildman–Crippen LogP) is 1.99. The maximum Gasteiger partial charge on any atom is 0.148 e. The normalized spacial score (nSPS) is 22.8. The lowest BCUT2D eigenvalue weighted by molar-refractivity contribution is 0.395. The third kappa shape index (κ3) is 2.73. The monoisotopic (exact) mass is 254 g/mol. The second-order valence-electron chi connectivity index (χ2n) is 3.91. The zero-order valence-electron chi connectivity index (χ0n) is 7.35. The van der Waals surface area contributed by atoms with E-state index in [1.165, 1.54) is 19.1 Å². The van der Waals surface area contributed by atoms with Gasteiger partial charge in [0.2, 0.25) is 0 Å². The molecule has 1 fully saturated rings. The molecule has 1 aliphatic rings. The Hall–Kier alpha value is 0.430. The molecule has 0 spiro atoms. The maximum absolute atomic E-state index is 11.1. The van der Waals surface area contributed by atoms with Crippen molar-refractivity contribution < 1.29 is 8.42 Å². The number of hydrogen-bond donors (Lipinski definition) is 0. The summed E-state index contributed by atoms with van der Waals surface area (Å²) in [7, 11) is -2.81. The van der Waals surface area contributed by atoms with Crippen LogP contribution in [-0.2, 0) is 9.84 Å². The molecule has 0 bridgehead atoms. The summed E-state index contributed by atoms with van der Waals surface area (Å²) in [5, 5.41) is 0.826. The smallest absolute Gasteiger partial charge is 0.148 e. The van der Waals surface area contributed by atoms with E-state index in [9.17, 15) is 8.42 Å². The molecule has 12 heavy (non-hydrogen) atoms. The van der Waals surface area contributed by atoms with Crippen LogP contribution in [0.15, 0.2) is 0 Å². The molecule has 0 N–H and O–H groups in total. The van der Waals surface area contributed by atoms with E-state index in [0.717, 1.165) is 18.2 Å². The zero-order chi connectivity index (χ0) is 9.24. The quantitative estimate of drug-likeness (QED) is 0.723. The van der Waals surface area contributed by atoms with Gasteiger partial charge in [0.25, 0.3) is 0 Å². The molecule has 0 radical (unpaired) electrons. The van der Waals surface area contributed by atoms with Crippen molar-refractivity contribution in [3.63, 3.8) is 0 Å². The molecule has 0 aliphatic heterocycles. The Labute approximate surface area is 82.8 Å². The predicted molar refractivity (Wildman–Crippen MR) is 54.4 cm³/mol. The molecule has 0 aromatic rings. The van der Waals surface area contributed by atoms with E-state index in [1.807, 2.05) is 0 Å². The molecule has 0 heterocycles. The van der Waals surface area contributed by atoms with Gasteiger partial charge in [-0.3, -0.25) is 0 Å². The maximum atomic E-state index is 11.1. The van der Waals surface area contributed by atoms with Gasteiger partial charge in [0.1, 0.15) is 9.84 Å². The first kappa shape index (κ1) is 10.5. The number of halogens is 1. The molecule has 72 valence electrons. The Kier molecular flexibility index (Phi) is 3.21. The fraction of sp³-hybridized carbons (Fsp3) is 1.00. The molecular formula is C8H15BrO2S. The van der Waals surface area contributed by atoms with Crippen LogP contribution in [0.4, 0.5) is 0 Å². The Morgan fingerprint density at radius 3 is 2.17 bits per heavy atom. The molecule has 0 atom stereocenters. The largest absolute Gasteiger partial charge is 0.229 e. The molecule has 0 amide bonds. The van der Waals surface area contributed by atoms with Crippen molar-refractivity contribution in [2.75, 3.05) is 17.3 Å². The highest BCUT2D eigenvalue weighted by molar-refractivity contribution is 9.09. The van der Waals surface area contributed by atoms with Crippen LogP contribution < -0.4 is 0 Å². The molecule has 4 heteroatoms. The number of hydrogen-bond acceptors (Lipinski definition) is 2. The fourth-order valence-electron chi connectivity index (χ4n) is 2.00. The molecule has 0 saturated heterocycles. The zero-order valence-corrected chi connectivity index (χ0v) is 9.75. The summed E-state index contributed by atoms with van der Waals surface area (Å²) >= 11 is 3.42. The van der Waals surface area contributed by atoms with E-state index in [-0.39, 0.29) is 5.41 Å². The third-order valence-electron chi connectivity index (χ3n) is 2.52. The van der Waals surface area contributed by atoms with Crippen LogP contribution in [0.1, 0.15) is 25.7 Å². The van der Waals surface area contributed by atoms with E-state index < -0.39 is 9.84 Å². The summed E-state index contributed by atoms with van der Waals surface area (Å²) in [6.45, 7) is 0. The highest BCUT2D eigenvalue weighted by atomic mass is 79.9. The van der Waals surface area contributed by atoms with Crippen LogP contribution in [-0.4, -0.2) is 25.8 Å². The second kappa shape index (κ2) is 3.66. The first-order valence-electron chi connectivity index (χ1n) is 4.21. The summed E-state index contributed by atoms with van der Waals surface area (Å²) in [5.41, 5.74) is 0.0492. The van der Waals surface area contributed by atoms with Gasteiger partial charge in [0.05, 0.1) is 5.75 Å². The Bertz CT molecular complexity index is 240. The molecule has 0 aromatic carbocycles. The number of alkyl halides is 1. The van der Waals surface area contributed by atoms with Crippen molar-refractivity contribution in [3.05, 3.63) is 0 Å². The minimum Gasteiger partial charge on any atom is -0.229 e. The second-order valence-corrected chi connectivity index (χ2v) is 6.61. The SMILES string of the molecule is CS(=O)(=O)CC1(CBr)CCCC1. The van der Waals surface area contributed by atoms with Crippen molar-refractivity contribution in [2.45, 2.75) is 25.7 Å². The van der Waals surface area contributed by atoms with Gasteiger partial charge in [-0.2, -0.15) is 0 Å². The Morgan fingerprint density at radius 1 is 1.33 bits per heavy atom. The first-order valence-corrected chi connectivity index (χ1v) is 7.39. The summed E-state index contributed by atoms with van der Waals surface area (Å²) in [4.78, 5) is 0. The van der Waals surface area contributed by atoms with Crippen molar-refractivity contribution in [3.8, 4) is 0 Å². The van der Waals surface area contributed by atoms with Crippen molar-refractivity contribution in [1.29, 1.82) is 0 Å². The van der Waals surface area contributed by atoms with E-state index >= 15 is 0 Å². The van der Waals surface area contributed by atoms with Crippen LogP contribution in [0.25, 0.3) is 0 Å². The number of rotatable bonds is 3. The molecular weight excluding hydrogens is 240 g/mol. The van der Waals surface area contributed by atoms with Gasteiger partial charge in [-0.1, -0.05) is 28.8 Å². The molecule has 1 saturated carbocycles. The van der Waals surface area contributed by atoms with Gasteiger partial charge in [0.15, 0.2) is 0 Å². The van der Waals surface area contributed by atoms with Gasteiger partial charge >= 0.3 is 0 Å². The molecule has 2 nitrogen and oxygen atoms in total. The van der Waals surface area contributed by atoms with Gasteiger partial charge in [-0.15, -0.1) is 0 Å². The Balaban J connectivity index is 2.68. The van der Waals surface area contributed by atoms with Gasteiger partial charge in [-0.05, 0) is 18.3 Å². The lowest BCUT2D eigenvalue weighted by Crippen LogP contribution is -2.28. The average molecular weight is 255 g/mol. The van der Waals surface area contributed by atoms with Crippen molar-refractivity contribution in [2.24, 2.45) is 5.41 Å². The third-order valence-corrected chi connectivity index (χ3v) is 4.84. The van der Waals surface area contributed by atoms with Crippen LogP contribution in [0.2, 0.25) is 0 Å². The number of sulfone groups is 1. The molecule has 0 unspecified atom stereocenters. The first-order chi connectivity index (χ1) is 5.47. The van der Waals surface area contributed by atoms with E-state index in [0.29, 0.717) is 5.75 Å². The lowest BCUT2D eigenvalue weighted by Gasteiger charge is -2.24. The summed E-state index contributed by atoms with van der Waals surface area (Å²) in [6.07, 6.45) is 5.81. The lowest BCUT2D eigenvalue weighted by atomic mass is 9.92. The fourth-order valence-corrected chi connectivity index (χ4v) is 4.52. The Morgan fingerprint density at radius 2 is 1.83 bits per heavy atom. The van der Waals surface area contributed by atoms with Crippen LogP contribution in [0, 0.1) is 5.41 Å². The van der Waals surface area contributed by atoms with E-state index in [1.54, 1.807) is 0 Å². The summed E-state index contributed by atoms with van der Waals surface area (Å²) < 4.78 is 22.3. The highest BCUT2D eigenvalue weighted by Crippen LogP contribution is 2.40. The standard InChI is InChI=1S/C8H15BrO2S/c1-12(10,11)7-8(6-9)4-2-3-5-8/h2-7H2,1H3. The minimum atomic E-state index is -2.81. The molecule has 1 aliphatic carbocycles. The van der Waals surface area contributed by atoms with Gasteiger partial charge < -0.3 is 0 Å². The average Bonchev–Trinajstić information content (AvgIpc) is 2.34. The van der Waals surface area contributed by atoms with E-state index in [2.05, 4.69) is 15.9 Å². The van der Waals surface area contributed by atoms with Crippen LogP contribution in [0.3, 0.4) is 0 Å². The highest BCUT2D eigenvalue weighted by Gasteiger charge is 2.35.